The minimum atomic E-state index is -3.71. The topological polar surface area (TPSA) is 65.5 Å². The molecular weight excluding hydrogens is 304 g/mol. The predicted molar refractivity (Wildman–Crippen MR) is 83.6 cm³/mol. The van der Waals surface area contributed by atoms with Gasteiger partial charge in [-0.1, -0.05) is 6.07 Å². The van der Waals surface area contributed by atoms with Gasteiger partial charge in [-0.05, 0) is 36.4 Å². The number of aliphatic hydroxyl groups is 1. The molecule has 1 aromatic heterocycles. The van der Waals surface area contributed by atoms with Gasteiger partial charge in [-0.25, -0.2) is 0 Å². The van der Waals surface area contributed by atoms with Crippen molar-refractivity contribution in [2.45, 2.75) is 5.92 Å². The molecule has 0 saturated heterocycles. The Bertz CT molecular complexity index is 648. The summed E-state index contributed by atoms with van der Waals surface area (Å²) < 4.78 is 28.1. The Balaban J connectivity index is 2.08. The molecule has 1 heterocycles. The standard InChI is InChI=1S/C16H17F2N3O2/c1-21(10-11-22)13-7-5-12(6-8-13)20-15(23)16(17,18)14-4-2-3-9-19-14/h2-9,22H,10-11H2,1H3,(H,20,23). The summed E-state index contributed by atoms with van der Waals surface area (Å²) in [4.78, 5) is 17.1. The summed E-state index contributed by atoms with van der Waals surface area (Å²) in [7, 11) is 1.79. The minimum absolute atomic E-state index is 0.00524. The number of aromatic nitrogens is 1. The first-order valence-electron chi connectivity index (χ1n) is 6.98. The molecule has 1 aromatic carbocycles. The Kier molecular flexibility index (Phi) is 5.23. The van der Waals surface area contributed by atoms with Crippen LogP contribution < -0.4 is 10.2 Å². The van der Waals surface area contributed by atoms with Gasteiger partial charge in [0.15, 0.2) is 0 Å². The van der Waals surface area contributed by atoms with E-state index in [2.05, 4.69) is 10.3 Å². The number of benzene rings is 1. The highest BCUT2D eigenvalue weighted by Gasteiger charge is 2.42. The van der Waals surface area contributed by atoms with E-state index in [1.165, 1.54) is 30.5 Å². The highest BCUT2D eigenvalue weighted by molar-refractivity contribution is 5.96. The molecule has 2 aromatic rings. The maximum Gasteiger partial charge on any atom is 0.366 e. The third-order valence-corrected chi connectivity index (χ3v) is 3.27. The Morgan fingerprint density at radius 2 is 1.96 bits per heavy atom. The van der Waals surface area contributed by atoms with Crippen molar-refractivity contribution in [1.82, 2.24) is 4.98 Å². The fraction of sp³-hybridized carbons (Fsp3) is 0.250. The molecule has 2 N–H and O–H groups in total. The fourth-order valence-corrected chi connectivity index (χ4v) is 1.95. The number of pyridine rings is 1. The van der Waals surface area contributed by atoms with E-state index in [4.69, 9.17) is 5.11 Å². The van der Waals surface area contributed by atoms with Gasteiger partial charge in [0.25, 0.3) is 0 Å². The van der Waals surface area contributed by atoms with E-state index in [0.717, 1.165) is 11.8 Å². The van der Waals surface area contributed by atoms with Crippen LogP contribution in [0.15, 0.2) is 48.7 Å². The molecule has 0 fully saturated rings. The lowest BCUT2D eigenvalue weighted by Crippen LogP contribution is -2.33. The van der Waals surface area contributed by atoms with Crippen LogP contribution in [0.5, 0.6) is 0 Å². The Labute approximate surface area is 132 Å². The smallest absolute Gasteiger partial charge is 0.366 e. The number of carbonyl (C=O) groups excluding carboxylic acids is 1. The molecular formula is C16H17F2N3O2. The van der Waals surface area contributed by atoms with Crippen molar-refractivity contribution in [3.63, 3.8) is 0 Å². The first-order valence-corrected chi connectivity index (χ1v) is 6.98. The number of nitrogens with zero attached hydrogens (tertiary/aromatic N) is 2. The lowest BCUT2D eigenvalue weighted by molar-refractivity contribution is -0.141. The average molecular weight is 321 g/mol. The maximum absolute atomic E-state index is 14.0. The van der Waals surface area contributed by atoms with Gasteiger partial charge >= 0.3 is 11.8 Å². The van der Waals surface area contributed by atoms with Gasteiger partial charge < -0.3 is 15.3 Å². The van der Waals surface area contributed by atoms with Crippen molar-refractivity contribution in [1.29, 1.82) is 0 Å². The lowest BCUT2D eigenvalue weighted by atomic mass is 10.2. The average Bonchev–Trinajstić information content (AvgIpc) is 2.56. The molecule has 0 spiro atoms. The molecule has 0 unspecified atom stereocenters. The van der Waals surface area contributed by atoms with Crippen molar-refractivity contribution in [2.24, 2.45) is 0 Å². The van der Waals surface area contributed by atoms with Gasteiger partial charge in [-0.15, -0.1) is 0 Å². The fourth-order valence-electron chi connectivity index (χ4n) is 1.95. The first kappa shape index (κ1) is 16.8. The van der Waals surface area contributed by atoms with Crippen molar-refractivity contribution >= 4 is 17.3 Å². The zero-order valence-electron chi connectivity index (χ0n) is 12.5. The molecule has 23 heavy (non-hydrogen) atoms. The van der Waals surface area contributed by atoms with Gasteiger partial charge in [-0.3, -0.25) is 9.78 Å². The Hall–Kier alpha value is -2.54. The van der Waals surface area contributed by atoms with Crippen LogP contribution in [-0.2, 0) is 10.7 Å². The summed E-state index contributed by atoms with van der Waals surface area (Å²) in [6.07, 6.45) is 1.21. The highest BCUT2D eigenvalue weighted by atomic mass is 19.3. The van der Waals surface area contributed by atoms with Crippen LogP contribution in [0.25, 0.3) is 0 Å². The van der Waals surface area contributed by atoms with Crippen LogP contribution in [-0.4, -0.2) is 36.2 Å². The van der Waals surface area contributed by atoms with Crippen LogP contribution in [0.3, 0.4) is 0 Å². The zero-order valence-corrected chi connectivity index (χ0v) is 12.5. The normalized spacial score (nSPS) is 11.1. The minimum Gasteiger partial charge on any atom is -0.395 e. The number of aliphatic hydroxyl groups excluding tert-OH is 1. The lowest BCUT2D eigenvalue weighted by Gasteiger charge is -2.19. The number of likely N-dealkylation sites (N-methyl/N-ethyl adjacent to an activating group) is 1. The van der Waals surface area contributed by atoms with Gasteiger partial charge in [0.1, 0.15) is 5.69 Å². The second-order valence-electron chi connectivity index (χ2n) is 4.94. The summed E-state index contributed by atoms with van der Waals surface area (Å²) in [5, 5.41) is 11.1. The monoisotopic (exact) mass is 321 g/mol. The first-order chi connectivity index (χ1) is 10.9. The van der Waals surface area contributed by atoms with Crippen molar-refractivity contribution in [2.75, 3.05) is 30.4 Å². The number of carbonyl (C=O) groups is 1. The molecule has 0 atom stereocenters. The predicted octanol–water partition coefficient (Wildman–Crippen LogP) is 2.24. The largest absolute Gasteiger partial charge is 0.395 e. The molecule has 1 amide bonds. The summed E-state index contributed by atoms with van der Waals surface area (Å²) in [5.41, 5.74) is 0.456. The summed E-state index contributed by atoms with van der Waals surface area (Å²) in [6.45, 7) is 0.453. The second kappa shape index (κ2) is 7.15. The molecule has 5 nitrogen and oxygen atoms in total. The Morgan fingerprint density at radius 3 is 2.52 bits per heavy atom. The van der Waals surface area contributed by atoms with Gasteiger partial charge in [0.2, 0.25) is 0 Å². The molecule has 0 bridgehead atoms. The Morgan fingerprint density at radius 1 is 1.26 bits per heavy atom. The summed E-state index contributed by atoms with van der Waals surface area (Å²) in [5.74, 6) is -5.15. The molecule has 7 heteroatoms. The number of rotatable bonds is 6. The maximum atomic E-state index is 14.0. The molecule has 0 saturated carbocycles. The zero-order chi connectivity index (χ0) is 16.9. The van der Waals surface area contributed by atoms with Crippen molar-refractivity contribution < 1.29 is 18.7 Å². The van der Waals surface area contributed by atoms with Crippen molar-refractivity contribution in [3.8, 4) is 0 Å². The van der Waals surface area contributed by atoms with Crippen LogP contribution in [0.2, 0.25) is 0 Å². The third kappa shape index (κ3) is 4.01. The van der Waals surface area contributed by atoms with E-state index in [1.54, 1.807) is 24.1 Å². The van der Waals surface area contributed by atoms with Crippen molar-refractivity contribution in [3.05, 3.63) is 54.4 Å². The SMILES string of the molecule is CN(CCO)c1ccc(NC(=O)C(F)(F)c2ccccn2)cc1. The molecule has 0 aliphatic heterocycles. The number of nitrogens with one attached hydrogen (secondary N) is 1. The van der Waals surface area contributed by atoms with Crippen LogP contribution in [0, 0.1) is 0 Å². The molecule has 0 aliphatic carbocycles. The van der Waals surface area contributed by atoms with Gasteiger partial charge in [0.05, 0.1) is 6.61 Å². The number of hydrogen-bond donors (Lipinski definition) is 2. The van der Waals surface area contributed by atoms with Crippen LogP contribution in [0.1, 0.15) is 5.69 Å². The molecule has 2 rings (SSSR count). The molecule has 0 radical (unpaired) electrons. The third-order valence-electron chi connectivity index (χ3n) is 3.27. The molecule has 122 valence electrons. The number of alkyl halides is 2. The van der Waals surface area contributed by atoms with Crippen LogP contribution >= 0.6 is 0 Å². The number of hydrogen-bond acceptors (Lipinski definition) is 4. The van der Waals surface area contributed by atoms with Gasteiger partial charge in [-0.2, -0.15) is 8.78 Å². The number of anilines is 2. The quantitative estimate of drug-likeness (QED) is 0.856. The number of halogens is 2. The van der Waals surface area contributed by atoms with E-state index < -0.39 is 17.5 Å². The van der Waals surface area contributed by atoms with E-state index in [-0.39, 0.29) is 12.3 Å². The highest BCUT2D eigenvalue weighted by Crippen LogP contribution is 2.28. The molecule has 0 aliphatic rings. The number of amides is 1. The van der Waals surface area contributed by atoms with E-state index in [9.17, 15) is 13.6 Å². The van der Waals surface area contributed by atoms with Gasteiger partial charge in [0, 0.05) is 31.2 Å². The summed E-state index contributed by atoms with van der Waals surface area (Å²) in [6, 6.07) is 10.4. The van der Waals surface area contributed by atoms with E-state index in [0.29, 0.717) is 6.54 Å². The van der Waals surface area contributed by atoms with E-state index >= 15 is 0 Å². The summed E-state index contributed by atoms with van der Waals surface area (Å²) >= 11 is 0. The van der Waals surface area contributed by atoms with Crippen LogP contribution in [0.4, 0.5) is 20.2 Å². The van der Waals surface area contributed by atoms with E-state index in [1.807, 2.05) is 0 Å². The second-order valence-corrected chi connectivity index (χ2v) is 4.94.